The van der Waals surface area contributed by atoms with E-state index in [0.717, 1.165) is 39.7 Å². The number of benzene rings is 3. The van der Waals surface area contributed by atoms with E-state index < -0.39 is 6.04 Å². The average molecular weight is 539 g/mol. The summed E-state index contributed by atoms with van der Waals surface area (Å²) >= 11 is 0. The number of amides is 3. The van der Waals surface area contributed by atoms with Crippen LogP contribution in [0.4, 0.5) is 4.79 Å². The summed E-state index contributed by atoms with van der Waals surface area (Å²) < 4.78 is 5.64. The van der Waals surface area contributed by atoms with Crippen LogP contribution in [0.1, 0.15) is 39.2 Å². The predicted molar refractivity (Wildman–Crippen MR) is 154 cm³/mol. The van der Waals surface area contributed by atoms with Crippen molar-refractivity contribution < 1.29 is 19.1 Å². The smallest absolute Gasteiger partial charge is 0.355 e. The van der Waals surface area contributed by atoms with Crippen LogP contribution in [0.3, 0.4) is 0 Å². The number of aromatic amines is 1. The minimum absolute atomic E-state index is 0.202. The van der Waals surface area contributed by atoms with E-state index in [0.29, 0.717) is 25.0 Å². The van der Waals surface area contributed by atoms with Gasteiger partial charge in [0.25, 0.3) is 5.91 Å². The number of nitrogens with one attached hydrogen (secondary N) is 2. The summed E-state index contributed by atoms with van der Waals surface area (Å²) in [6, 6.07) is 24.2. The molecule has 3 aromatic carbocycles. The molecule has 4 aromatic rings. The molecule has 8 nitrogen and oxygen atoms in total. The van der Waals surface area contributed by atoms with E-state index in [4.69, 9.17) is 4.74 Å². The third-order valence-electron chi connectivity index (χ3n) is 7.21. The number of ether oxygens (including phenoxy) is 1. The van der Waals surface area contributed by atoms with Crippen LogP contribution in [0.25, 0.3) is 10.9 Å². The Hall–Kier alpha value is -4.43. The van der Waals surface area contributed by atoms with Crippen molar-refractivity contribution >= 4 is 28.8 Å². The molecular formula is C32H34N4O4. The van der Waals surface area contributed by atoms with E-state index in [1.165, 1.54) is 4.90 Å². The first kappa shape index (κ1) is 27.1. The molecule has 1 unspecified atom stereocenters. The first-order chi connectivity index (χ1) is 19.4. The monoisotopic (exact) mass is 538 g/mol. The first-order valence-electron chi connectivity index (χ1n) is 13.5. The lowest BCUT2D eigenvalue weighted by molar-refractivity contribution is -0.128. The molecule has 0 bridgehead atoms. The lowest BCUT2D eigenvalue weighted by atomic mass is 10.0. The number of imide groups is 1. The van der Waals surface area contributed by atoms with Crippen LogP contribution in [0, 0.1) is 0 Å². The number of aryl methyl sites for hydroxylation is 1. The van der Waals surface area contributed by atoms with Gasteiger partial charge in [0.15, 0.2) is 0 Å². The van der Waals surface area contributed by atoms with Crippen LogP contribution < -0.4 is 5.32 Å². The van der Waals surface area contributed by atoms with Crippen molar-refractivity contribution in [2.75, 3.05) is 20.6 Å². The average Bonchev–Trinajstić information content (AvgIpc) is 3.46. The SMILES string of the molecule is CN(C)CCc1c(C(=O)OCc2ccccc2)[nH]c2ccc(CCC3NC(=O)N(Cc4ccccc4)C3=O)cc12. The van der Waals surface area contributed by atoms with Crippen molar-refractivity contribution in [2.24, 2.45) is 0 Å². The minimum Gasteiger partial charge on any atom is -0.456 e. The summed E-state index contributed by atoms with van der Waals surface area (Å²) in [6.07, 6.45) is 1.78. The molecule has 1 fully saturated rings. The number of nitrogens with zero attached hydrogens (tertiary/aromatic N) is 2. The van der Waals surface area contributed by atoms with E-state index >= 15 is 0 Å². The number of fused-ring (bicyclic) bond motifs is 1. The van der Waals surface area contributed by atoms with Crippen LogP contribution in [0.2, 0.25) is 0 Å². The number of esters is 1. The number of aromatic nitrogens is 1. The van der Waals surface area contributed by atoms with Gasteiger partial charge >= 0.3 is 12.0 Å². The summed E-state index contributed by atoms with van der Waals surface area (Å²) in [5.74, 6) is -0.583. The van der Waals surface area contributed by atoms with Gasteiger partial charge in [-0.05, 0) is 67.7 Å². The largest absolute Gasteiger partial charge is 0.456 e. The Morgan fingerprint density at radius 1 is 0.900 bits per heavy atom. The zero-order chi connectivity index (χ0) is 28.1. The molecule has 40 heavy (non-hydrogen) atoms. The molecule has 1 saturated heterocycles. The third kappa shape index (κ3) is 6.24. The van der Waals surface area contributed by atoms with Gasteiger partial charge in [-0.1, -0.05) is 66.7 Å². The fourth-order valence-corrected chi connectivity index (χ4v) is 5.01. The molecule has 2 heterocycles. The van der Waals surface area contributed by atoms with Crippen LogP contribution in [0.5, 0.6) is 0 Å². The number of hydrogen-bond donors (Lipinski definition) is 2. The predicted octanol–water partition coefficient (Wildman–Crippen LogP) is 4.68. The van der Waals surface area contributed by atoms with Crippen molar-refractivity contribution in [3.05, 3.63) is 107 Å². The maximum Gasteiger partial charge on any atom is 0.355 e. The number of carbonyl (C=O) groups is 3. The number of urea groups is 1. The summed E-state index contributed by atoms with van der Waals surface area (Å²) in [5, 5.41) is 3.81. The fourth-order valence-electron chi connectivity index (χ4n) is 5.01. The van der Waals surface area contributed by atoms with E-state index in [9.17, 15) is 14.4 Å². The van der Waals surface area contributed by atoms with Gasteiger partial charge < -0.3 is 19.9 Å². The topological polar surface area (TPSA) is 94.7 Å². The maximum atomic E-state index is 13.1. The normalized spacial score (nSPS) is 15.2. The van der Waals surface area contributed by atoms with Crippen LogP contribution >= 0.6 is 0 Å². The summed E-state index contributed by atoms with van der Waals surface area (Å²) in [4.78, 5) is 45.2. The molecule has 0 radical (unpaired) electrons. The van der Waals surface area contributed by atoms with Crippen molar-refractivity contribution in [3.63, 3.8) is 0 Å². The number of hydrogen-bond acceptors (Lipinski definition) is 5. The van der Waals surface area contributed by atoms with E-state index in [-0.39, 0.29) is 31.1 Å². The first-order valence-corrected chi connectivity index (χ1v) is 13.5. The Morgan fingerprint density at radius 3 is 2.30 bits per heavy atom. The molecule has 1 aliphatic heterocycles. The number of H-pyrrole nitrogens is 1. The molecule has 206 valence electrons. The lowest BCUT2D eigenvalue weighted by Gasteiger charge is -2.13. The highest BCUT2D eigenvalue weighted by Gasteiger charge is 2.37. The standard InChI is InChI=1S/C32H34N4O4/c1-35(2)18-17-25-26-19-22(13-15-27(26)33-29(25)31(38)40-21-24-11-7-4-8-12-24)14-16-28-30(37)36(32(39)34-28)20-23-9-5-3-6-10-23/h3-13,15,19,28,33H,14,16-18,20-21H2,1-2H3,(H,34,39). The Labute approximate surface area is 233 Å². The molecule has 1 aliphatic rings. The second-order valence-corrected chi connectivity index (χ2v) is 10.4. The molecule has 5 rings (SSSR count). The van der Waals surface area contributed by atoms with Gasteiger partial charge in [0.2, 0.25) is 0 Å². The van der Waals surface area contributed by atoms with E-state index in [1.54, 1.807) is 0 Å². The zero-order valence-electron chi connectivity index (χ0n) is 22.9. The van der Waals surface area contributed by atoms with Gasteiger partial charge in [-0.2, -0.15) is 0 Å². The zero-order valence-corrected chi connectivity index (χ0v) is 22.9. The maximum absolute atomic E-state index is 13.1. The molecule has 3 amide bonds. The number of likely N-dealkylation sites (N-methyl/N-ethyl adjacent to an activating group) is 1. The van der Waals surface area contributed by atoms with Crippen LogP contribution in [0.15, 0.2) is 78.9 Å². The summed E-state index contributed by atoms with van der Waals surface area (Å²) in [6.45, 7) is 1.24. The molecule has 1 aromatic heterocycles. The molecule has 0 aliphatic carbocycles. The minimum atomic E-state index is -0.560. The van der Waals surface area contributed by atoms with Crippen molar-refractivity contribution in [1.29, 1.82) is 0 Å². The highest BCUT2D eigenvalue weighted by atomic mass is 16.5. The van der Waals surface area contributed by atoms with Gasteiger partial charge in [0.1, 0.15) is 18.3 Å². The Bertz CT molecular complexity index is 1500. The van der Waals surface area contributed by atoms with Crippen molar-refractivity contribution in [2.45, 2.75) is 38.5 Å². The van der Waals surface area contributed by atoms with Gasteiger partial charge in [0.05, 0.1) is 6.54 Å². The summed E-state index contributed by atoms with van der Waals surface area (Å²) in [7, 11) is 4.00. The number of rotatable bonds is 11. The second kappa shape index (κ2) is 12.2. The molecule has 0 spiro atoms. The van der Waals surface area contributed by atoms with Crippen molar-refractivity contribution in [1.82, 2.24) is 20.1 Å². The third-order valence-corrected chi connectivity index (χ3v) is 7.21. The Morgan fingerprint density at radius 2 is 1.60 bits per heavy atom. The Balaban J connectivity index is 1.30. The van der Waals surface area contributed by atoms with Gasteiger partial charge in [-0.3, -0.25) is 9.69 Å². The number of carbonyl (C=O) groups excluding carboxylic acids is 3. The lowest BCUT2D eigenvalue weighted by Crippen LogP contribution is -2.31. The van der Waals surface area contributed by atoms with Gasteiger partial charge in [-0.15, -0.1) is 0 Å². The molecule has 0 saturated carbocycles. The molecule has 1 atom stereocenters. The van der Waals surface area contributed by atoms with Gasteiger partial charge in [-0.25, -0.2) is 9.59 Å². The second-order valence-electron chi connectivity index (χ2n) is 10.4. The Kier molecular flexibility index (Phi) is 8.26. The van der Waals surface area contributed by atoms with Crippen LogP contribution in [-0.2, 0) is 35.5 Å². The van der Waals surface area contributed by atoms with E-state index in [1.807, 2.05) is 86.9 Å². The van der Waals surface area contributed by atoms with E-state index in [2.05, 4.69) is 21.3 Å². The summed E-state index contributed by atoms with van der Waals surface area (Å²) in [5.41, 5.74) is 5.13. The highest BCUT2D eigenvalue weighted by molar-refractivity contribution is 6.04. The molecule has 2 N–H and O–H groups in total. The molecular weight excluding hydrogens is 504 g/mol. The van der Waals surface area contributed by atoms with Crippen LogP contribution in [-0.4, -0.2) is 59.4 Å². The quantitative estimate of drug-likeness (QED) is 0.214. The molecule has 8 heteroatoms. The highest BCUT2D eigenvalue weighted by Crippen LogP contribution is 2.27. The van der Waals surface area contributed by atoms with Crippen molar-refractivity contribution in [3.8, 4) is 0 Å². The van der Waals surface area contributed by atoms with Gasteiger partial charge in [0, 0.05) is 17.4 Å². The fraction of sp³-hybridized carbons (Fsp3) is 0.281.